The highest BCUT2D eigenvalue weighted by molar-refractivity contribution is 9.10. The SMILES string of the molecule is COC(=O)Cc1cccc(Cl)c1COc1ccc(C)cc1Br. The van der Waals surface area contributed by atoms with E-state index in [4.69, 9.17) is 21.1 Å². The van der Waals surface area contributed by atoms with Crippen LogP contribution in [0.1, 0.15) is 16.7 Å². The molecular formula is C17H16BrClO3. The number of methoxy groups -OCH3 is 1. The van der Waals surface area contributed by atoms with Crippen molar-refractivity contribution in [2.75, 3.05) is 7.11 Å². The summed E-state index contributed by atoms with van der Waals surface area (Å²) in [5.74, 6) is 0.426. The molecule has 0 atom stereocenters. The van der Waals surface area contributed by atoms with Gasteiger partial charge < -0.3 is 9.47 Å². The Bertz CT molecular complexity index is 686. The normalized spacial score (nSPS) is 10.4. The van der Waals surface area contributed by atoms with Crippen molar-refractivity contribution in [3.05, 3.63) is 62.6 Å². The van der Waals surface area contributed by atoms with Crippen LogP contribution in [0.2, 0.25) is 5.02 Å². The standard InChI is InChI=1S/C17H16BrClO3/c1-11-6-7-16(14(18)8-11)22-10-13-12(9-17(20)21-2)4-3-5-15(13)19/h3-8H,9-10H2,1-2H3. The number of halogens is 2. The van der Waals surface area contributed by atoms with Crippen LogP contribution in [0.5, 0.6) is 5.75 Å². The maximum absolute atomic E-state index is 11.5. The third-order valence-electron chi connectivity index (χ3n) is 3.24. The Morgan fingerprint density at radius 1 is 1.27 bits per heavy atom. The van der Waals surface area contributed by atoms with Crippen LogP contribution in [-0.2, 0) is 22.6 Å². The van der Waals surface area contributed by atoms with E-state index >= 15 is 0 Å². The molecular weight excluding hydrogens is 368 g/mol. The van der Waals surface area contributed by atoms with E-state index in [0.29, 0.717) is 5.02 Å². The van der Waals surface area contributed by atoms with Gasteiger partial charge in [0.15, 0.2) is 0 Å². The Kier molecular flexibility index (Phi) is 5.86. The largest absolute Gasteiger partial charge is 0.488 e. The number of hydrogen-bond donors (Lipinski definition) is 0. The zero-order valence-corrected chi connectivity index (χ0v) is 14.7. The van der Waals surface area contributed by atoms with Crippen molar-refractivity contribution >= 4 is 33.5 Å². The molecule has 0 unspecified atom stereocenters. The summed E-state index contributed by atoms with van der Waals surface area (Å²) in [6, 6.07) is 11.3. The lowest BCUT2D eigenvalue weighted by molar-refractivity contribution is -0.139. The topological polar surface area (TPSA) is 35.5 Å². The van der Waals surface area contributed by atoms with Gasteiger partial charge in [-0.3, -0.25) is 4.79 Å². The van der Waals surface area contributed by atoms with Crippen LogP contribution in [0.3, 0.4) is 0 Å². The van der Waals surface area contributed by atoms with Gasteiger partial charge in [0.2, 0.25) is 0 Å². The fourth-order valence-corrected chi connectivity index (χ4v) is 2.89. The molecule has 22 heavy (non-hydrogen) atoms. The van der Waals surface area contributed by atoms with E-state index in [1.807, 2.05) is 37.3 Å². The average Bonchev–Trinajstić information content (AvgIpc) is 2.48. The van der Waals surface area contributed by atoms with Crippen molar-refractivity contribution in [3.8, 4) is 5.75 Å². The van der Waals surface area contributed by atoms with Gasteiger partial charge in [-0.25, -0.2) is 0 Å². The summed E-state index contributed by atoms with van der Waals surface area (Å²) in [4.78, 5) is 11.5. The Hall–Kier alpha value is -1.52. The molecule has 0 bridgehead atoms. The highest BCUT2D eigenvalue weighted by Crippen LogP contribution is 2.28. The van der Waals surface area contributed by atoms with Gasteiger partial charge in [-0.2, -0.15) is 0 Å². The molecule has 0 amide bonds. The third kappa shape index (κ3) is 4.24. The summed E-state index contributed by atoms with van der Waals surface area (Å²) in [7, 11) is 1.37. The molecule has 0 radical (unpaired) electrons. The van der Waals surface area contributed by atoms with Crippen LogP contribution < -0.4 is 4.74 Å². The van der Waals surface area contributed by atoms with Crippen molar-refractivity contribution in [3.63, 3.8) is 0 Å². The predicted octanol–water partition coefficient (Wildman–Crippen LogP) is 4.71. The molecule has 0 saturated heterocycles. The van der Waals surface area contributed by atoms with E-state index in [9.17, 15) is 4.79 Å². The van der Waals surface area contributed by atoms with Gasteiger partial charge >= 0.3 is 5.97 Å². The second kappa shape index (κ2) is 7.65. The van der Waals surface area contributed by atoms with Crippen LogP contribution in [0.15, 0.2) is 40.9 Å². The van der Waals surface area contributed by atoms with Gasteiger partial charge in [0, 0.05) is 10.6 Å². The number of hydrogen-bond acceptors (Lipinski definition) is 3. The lowest BCUT2D eigenvalue weighted by Gasteiger charge is -2.13. The number of benzene rings is 2. The van der Waals surface area contributed by atoms with Crippen LogP contribution in [0.25, 0.3) is 0 Å². The Balaban J connectivity index is 2.19. The highest BCUT2D eigenvalue weighted by Gasteiger charge is 2.12. The maximum Gasteiger partial charge on any atom is 0.309 e. The quantitative estimate of drug-likeness (QED) is 0.702. The summed E-state index contributed by atoms with van der Waals surface area (Å²) in [6.07, 6.45) is 0.171. The molecule has 0 heterocycles. The van der Waals surface area contributed by atoms with E-state index in [0.717, 1.165) is 26.9 Å². The Morgan fingerprint density at radius 3 is 2.73 bits per heavy atom. The summed E-state index contributed by atoms with van der Waals surface area (Å²) in [5, 5.41) is 0.574. The number of aryl methyl sites for hydroxylation is 1. The zero-order chi connectivity index (χ0) is 16.1. The number of ether oxygens (including phenoxy) is 2. The van der Waals surface area contributed by atoms with Crippen molar-refractivity contribution in [1.82, 2.24) is 0 Å². The third-order valence-corrected chi connectivity index (χ3v) is 4.21. The molecule has 0 aliphatic rings. The van der Waals surface area contributed by atoms with Gasteiger partial charge in [-0.15, -0.1) is 0 Å². The molecule has 0 aliphatic carbocycles. The number of esters is 1. The molecule has 116 valence electrons. The molecule has 0 spiro atoms. The van der Waals surface area contributed by atoms with E-state index in [1.165, 1.54) is 7.11 Å². The first-order valence-electron chi connectivity index (χ1n) is 6.73. The van der Waals surface area contributed by atoms with Crippen molar-refractivity contribution in [1.29, 1.82) is 0 Å². The van der Waals surface area contributed by atoms with Crippen LogP contribution >= 0.6 is 27.5 Å². The molecule has 2 rings (SSSR count). The first kappa shape index (κ1) is 16.8. The molecule has 0 saturated carbocycles. The lowest BCUT2D eigenvalue weighted by atomic mass is 10.1. The molecule has 0 N–H and O–H groups in total. The van der Waals surface area contributed by atoms with Crippen LogP contribution in [-0.4, -0.2) is 13.1 Å². The van der Waals surface area contributed by atoms with Crippen LogP contribution in [0, 0.1) is 6.92 Å². The molecule has 5 heteroatoms. The number of carbonyl (C=O) groups excluding carboxylic acids is 1. The summed E-state index contributed by atoms with van der Waals surface area (Å²) in [5.41, 5.74) is 2.74. The minimum Gasteiger partial charge on any atom is -0.488 e. The summed E-state index contributed by atoms with van der Waals surface area (Å²) in [6.45, 7) is 2.30. The maximum atomic E-state index is 11.5. The number of carbonyl (C=O) groups is 1. The highest BCUT2D eigenvalue weighted by atomic mass is 79.9. The van der Waals surface area contributed by atoms with E-state index in [1.54, 1.807) is 6.07 Å². The smallest absolute Gasteiger partial charge is 0.309 e. The molecule has 0 fully saturated rings. The molecule has 2 aromatic carbocycles. The van der Waals surface area contributed by atoms with Gasteiger partial charge in [0.1, 0.15) is 12.4 Å². The predicted molar refractivity (Wildman–Crippen MR) is 90.4 cm³/mol. The number of rotatable bonds is 5. The lowest BCUT2D eigenvalue weighted by Crippen LogP contribution is -2.09. The van der Waals surface area contributed by atoms with Crippen molar-refractivity contribution < 1.29 is 14.3 Å². The van der Waals surface area contributed by atoms with Gasteiger partial charge in [0.25, 0.3) is 0 Å². The van der Waals surface area contributed by atoms with Crippen molar-refractivity contribution in [2.45, 2.75) is 20.0 Å². The summed E-state index contributed by atoms with van der Waals surface area (Å²) < 4.78 is 11.4. The Labute approximate surface area is 143 Å². The fraction of sp³-hybridized carbons (Fsp3) is 0.235. The minimum absolute atomic E-state index is 0.171. The van der Waals surface area contributed by atoms with Crippen LogP contribution in [0.4, 0.5) is 0 Å². The fourth-order valence-electron chi connectivity index (χ4n) is 2.03. The van der Waals surface area contributed by atoms with Gasteiger partial charge in [-0.1, -0.05) is 29.8 Å². The first-order chi connectivity index (χ1) is 10.5. The van der Waals surface area contributed by atoms with E-state index in [-0.39, 0.29) is 19.0 Å². The van der Waals surface area contributed by atoms with Gasteiger partial charge in [-0.05, 0) is 52.2 Å². The van der Waals surface area contributed by atoms with E-state index in [2.05, 4.69) is 15.9 Å². The molecule has 2 aromatic rings. The second-order valence-corrected chi connectivity index (χ2v) is 6.11. The van der Waals surface area contributed by atoms with E-state index < -0.39 is 0 Å². The average molecular weight is 384 g/mol. The van der Waals surface area contributed by atoms with Crippen molar-refractivity contribution in [2.24, 2.45) is 0 Å². The molecule has 0 aromatic heterocycles. The minimum atomic E-state index is -0.306. The first-order valence-corrected chi connectivity index (χ1v) is 7.90. The molecule has 3 nitrogen and oxygen atoms in total. The zero-order valence-electron chi connectivity index (χ0n) is 12.4. The monoisotopic (exact) mass is 382 g/mol. The summed E-state index contributed by atoms with van der Waals surface area (Å²) >= 11 is 9.72. The Morgan fingerprint density at radius 2 is 2.05 bits per heavy atom. The molecule has 0 aliphatic heterocycles. The second-order valence-electron chi connectivity index (χ2n) is 4.85. The van der Waals surface area contributed by atoms with Gasteiger partial charge in [0.05, 0.1) is 18.0 Å².